The molecule has 2 heterocycles. The SMILES string of the molecule is CCOc1ccccc1CCNC(=O)c1csc(C2CCN(C(=O)C3CCCCC3)CC2)n1. The van der Waals surface area contributed by atoms with Gasteiger partial charge in [0.2, 0.25) is 5.91 Å². The number of thiazole rings is 1. The monoisotopic (exact) mass is 469 g/mol. The van der Waals surface area contributed by atoms with E-state index >= 15 is 0 Å². The number of carbonyl (C=O) groups is 2. The number of benzene rings is 1. The zero-order chi connectivity index (χ0) is 23.0. The van der Waals surface area contributed by atoms with Crippen molar-refractivity contribution in [1.82, 2.24) is 15.2 Å². The molecule has 2 aromatic rings. The second-order valence-electron chi connectivity index (χ2n) is 9.05. The molecule has 7 heteroatoms. The van der Waals surface area contributed by atoms with Crippen LogP contribution in [0.15, 0.2) is 29.6 Å². The second kappa shape index (κ2) is 11.6. The molecular weight excluding hydrogens is 434 g/mol. The summed E-state index contributed by atoms with van der Waals surface area (Å²) in [5, 5.41) is 5.87. The maximum absolute atomic E-state index is 12.8. The molecule has 2 amide bonds. The fourth-order valence-electron chi connectivity index (χ4n) is 4.94. The summed E-state index contributed by atoms with van der Waals surface area (Å²) in [5.41, 5.74) is 1.59. The van der Waals surface area contributed by atoms with Gasteiger partial charge in [-0.3, -0.25) is 9.59 Å². The van der Waals surface area contributed by atoms with E-state index in [1.807, 2.05) is 36.6 Å². The molecule has 6 nitrogen and oxygen atoms in total. The summed E-state index contributed by atoms with van der Waals surface area (Å²) >= 11 is 1.57. The lowest BCUT2D eigenvalue weighted by atomic mass is 9.87. The minimum absolute atomic E-state index is 0.128. The molecule has 2 fully saturated rings. The Labute approximate surface area is 200 Å². The van der Waals surface area contributed by atoms with E-state index in [1.54, 1.807) is 11.3 Å². The number of hydrogen-bond donors (Lipinski definition) is 1. The van der Waals surface area contributed by atoms with E-state index in [0.717, 1.165) is 55.1 Å². The Morgan fingerprint density at radius 1 is 1.12 bits per heavy atom. The summed E-state index contributed by atoms with van der Waals surface area (Å²) in [7, 11) is 0. The predicted molar refractivity (Wildman–Crippen MR) is 131 cm³/mol. The van der Waals surface area contributed by atoms with E-state index in [1.165, 1.54) is 19.3 Å². The number of ether oxygens (including phenoxy) is 1. The first-order valence-electron chi connectivity index (χ1n) is 12.4. The lowest BCUT2D eigenvalue weighted by molar-refractivity contribution is -0.137. The molecule has 1 aliphatic heterocycles. The van der Waals surface area contributed by atoms with Crippen LogP contribution in [-0.2, 0) is 11.2 Å². The smallest absolute Gasteiger partial charge is 0.270 e. The van der Waals surface area contributed by atoms with Crippen molar-refractivity contribution in [3.63, 3.8) is 0 Å². The number of piperidine rings is 1. The topological polar surface area (TPSA) is 71.5 Å². The van der Waals surface area contributed by atoms with Crippen LogP contribution in [0.1, 0.15) is 78.8 Å². The van der Waals surface area contributed by atoms with Crippen molar-refractivity contribution >= 4 is 23.2 Å². The first kappa shape index (κ1) is 23.7. The van der Waals surface area contributed by atoms with Crippen LogP contribution in [-0.4, -0.2) is 47.9 Å². The second-order valence-corrected chi connectivity index (χ2v) is 9.94. The number of nitrogens with zero attached hydrogens (tertiary/aromatic N) is 2. The molecule has 0 bridgehead atoms. The lowest BCUT2D eigenvalue weighted by Crippen LogP contribution is -2.41. The zero-order valence-electron chi connectivity index (χ0n) is 19.6. The predicted octanol–water partition coefficient (Wildman–Crippen LogP) is 4.80. The van der Waals surface area contributed by atoms with E-state index in [9.17, 15) is 9.59 Å². The van der Waals surface area contributed by atoms with E-state index in [0.29, 0.717) is 37.1 Å². The average molecular weight is 470 g/mol. The zero-order valence-corrected chi connectivity index (χ0v) is 20.4. The number of likely N-dealkylation sites (tertiary alicyclic amines) is 1. The Balaban J connectivity index is 1.24. The average Bonchev–Trinajstić information content (AvgIpc) is 3.36. The van der Waals surface area contributed by atoms with Crippen molar-refractivity contribution in [1.29, 1.82) is 0 Å². The number of para-hydroxylation sites is 1. The maximum Gasteiger partial charge on any atom is 0.270 e. The Kier molecular flexibility index (Phi) is 8.37. The highest BCUT2D eigenvalue weighted by molar-refractivity contribution is 7.09. The van der Waals surface area contributed by atoms with Crippen LogP contribution in [0.25, 0.3) is 0 Å². The molecule has 0 radical (unpaired) electrons. The number of amides is 2. The van der Waals surface area contributed by atoms with Gasteiger partial charge >= 0.3 is 0 Å². The number of carbonyl (C=O) groups excluding carboxylic acids is 2. The van der Waals surface area contributed by atoms with Gasteiger partial charge in [-0.2, -0.15) is 0 Å². The third kappa shape index (κ3) is 6.14. The highest BCUT2D eigenvalue weighted by Crippen LogP contribution is 2.32. The molecule has 1 aliphatic carbocycles. The van der Waals surface area contributed by atoms with Crippen LogP contribution < -0.4 is 10.1 Å². The van der Waals surface area contributed by atoms with Gasteiger partial charge in [0.1, 0.15) is 11.4 Å². The summed E-state index contributed by atoms with van der Waals surface area (Å²) < 4.78 is 5.66. The van der Waals surface area contributed by atoms with E-state index < -0.39 is 0 Å². The molecule has 1 aromatic heterocycles. The first-order valence-corrected chi connectivity index (χ1v) is 13.3. The molecule has 1 aromatic carbocycles. The third-order valence-electron chi connectivity index (χ3n) is 6.82. The van der Waals surface area contributed by atoms with Gasteiger partial charge in [-0.05, 0) is 50.7 Å². The van der Waals surface area contributed by atoms with Crippen LogP contribution in [0.2, 0.25) is 0 Å². The van der Waals surface area contributed by atoms with Gasteiger partial charge in [-0.15, -0.1) is 11.3 Å². The van der Waals surface area contributed by atoms with Gasteiger partial charge in [0.25, 0.3) is 5.91 Å². The van der Waals surface area contributed by atoms with Crippen molar-refractivity contribution in [2.45, 2.75) is 64.2 Å². The van der Waals surface area contributed by atoms with Crippen molar-refractivity contribution in [2.75, 3.05) is 26.2 Å². The van der Waals surface area contributed by atoms with Crippen LogP contribution in [0.5, 0.6) is 5.75 Å². The highest BCUT2D eigenvalue weighted by atomic mass is 32.1. The van der Waals surface area contributed by atoms with Crippen molar-refractivity contribution < 1.29 is 14.3 Å². The maximum atomic E-state index is 12.8. The summed E-state index contributed by atoms with van der Waals surface area (Å²) in [6.45, 7) is 4.74. The quantitative estimate of drug-likeness (QED) is 0.603. The molecule has 1 N–H and O–H groups in total. The van der Waals surface area contributed by atoms with Gasteiger partial charge in [-0.25, -0.2) is 4.98 Å². The van der Waals surface area contributed by atoms with Crippen LogP contribution in [0.4, 0.5) is 0 Å². The third-order valence-corrected chi connectivity index (χ3v) is 7.82. The molecule has 0 unspecified atom stereocenters. The lowest BCUT2D eigenvalue weighted by Gasteiger charge is -2.34. The van der Waals surface area contributed by atoms with Crippen LogP contribution >= 0.6 is 11.3 Å². The van der Waals surface area contributed by atoms with Gasteiger partial charge in [0.05, 0.1) is 11.6 Å². The number of hydrogen-bond acceptors (Lipinski definition) is 5. The van der Waals surface area contributed by atoms with Crippen molar-refractivity contribution in [2.24, 2.45) is 5.92 Å². The van der Waals surface area contributed by atoms with Crippen LogP contribution in [0.3, 0.4) is 0 Å². The molecule has 178 valence electrons. The van der Waals surface area contributed by atoms with E-state index in [2.05, 4.69) is 15.2 Å². The largest absolute Gasteiger partial charge is 0.494 e. The Hall–Kier alpha value is -2.41. The summed E-state index contributed by atoms with van der Waals surface area (Å²) in [4.78, 5) is 32.1. The molecular formula is C26H35N3O3S. The van der Waals surface area contributed by atoms with Gasteiger partial charge in [0.15, 0.2) is 0 Å². The summed E-state index contributed by atoms with van der Waals surface area (Å²) in [6.07, 6.45) is 8.34. The van der Waals surface area contributed by atoms with Gasteiger partial charge < -0.3 is 15.0 Å². The fourth-order valence-corrected chi connectivity index (χ4v) is 5.91. The molecule has 33 heavy (non-hydrogen) atoms. The van der Waals surface area contributed by atoms with E-state index in [4.69, 9.17) is 4.74 Å². The van der Waals surface area contributed by atoms with Gasteiger partial charge in [0, 0.05) is 36.9 Å². The molecule has 2 aliphatic rings. The van der Waals surface area contributed by atoms with Gasteiger partial charge in [-0.1, -0.05) is 37.5 Å². The molecule has 4 rings (SSSR count). The highest BCUT2D eigenvalue weighted by Gasteiger charge is 2.30. The molecule has 1 saturated carbocycles. The van der Waals surface area contributed by atoms with Crippen molar-refractivity contribution in [3.8, 4) is 5.75 Å². The Morgan fingerprint density at radius 2 is 1.88 bits per heavy atom. The molecule has 0 spiro atoms. The van der Waals surface area contributed by atoms with Crippen LogP contribution in [0, 0.1) is 5.92 Å². The number of aromatic nitrogens is 1. The minimum Gasteiger partial charge on any atom is -0.494 e. The number of rotatable bonds is 8. The fraction of sp³-hybridized carbons (Fsp3) is 0.577. The summed E-state index contributed by atoms with van der Waals surface area (Å²) in [6, 6.07) is 7.94. The normalized spacial score (nSPS) is 17.7. The standard InChI is InChI=1S/C26H35N3O3S/c1-2-32-23-11-7-6-8-19(23)12-15-27-24(30)22-18-33-25(28-22)20-13-16-29(17-14-20)26(31)21-9-4-3-5-10-21/h6-8,11,18,20-21H,2-5,9-10,12-17H2,1H3,(H,27,30). The summed E-state index contributed by atoms with van der Waals surface area (Å²) in [5.74, 6) is 1.68. The minimum atomic E-state index is -0.128. The Morgan fingerprint density at radius 3 is 2.64 bits per heavy atom. The number of nitrogens with one attached hydrogen (secondary N) is 1. The Bertz CT molecular complexity index is 930. The molecule has 0 atom stereocenters. The van der Waals surface area contributed by atoms with Crippen molar-refractivity contribution in [3.05, 3.63) is 45.9 Å². The first-order chi connectivity index (χ1) is 16.2. The van der Waals surface area contributed by atoms with E-state index in [-0.39, 0.29) is 11.8 Å². The molecule has 1 saturated heterocycles.